The molecule has 8 nitrogen and oxygen atoms in total. The molecule has 1 atom stereocenters. The lowest BCUT2D eigenvalue weighted by atomic mass is 10.1. The van der Waals surface area contributed by atoms with Gasteiger partial charge in [-0.1, -0.05) is 10.5 Å². The number of carbonyl (C=O) groups excluding carboxylic acids is 1. The normalized spacial score (nSPS) is 12.5. The number of carbonyl (C=O) groups is 1. The molecule has 9 heteroatoms. The zero-order valence-electron chi connectivity index (χ0n) is 17.1. The molecule has 0 aliphatic rings. The number of nitrogens with zero attached hydrogens (tertiary/aromatic N) is 1. The van der Waals surface area contributed by atoms with Crippen LogP contribution in [0.15, 0.2) is 47.4 Å². The average molecular weight is 423 g/mol. The Bertz CT molecular complexity index is 944. The lowest BCUT2D eigenvalue weighted by molar-refractivity contribution is -0.0258. The minimum atomic E-state index is -3.76. The standard InChI is InChI=1S/C20H26N2O6S/c1-6-28-18-12-9-16(13-19(18)26-4)14(2)21-20(23)15-7-10-17(11-8-15)29(24,25)22(3)27-5/h7-14H,6H2,1-5H3,(H,21,23). The SMILES string of the molecule is CCOc1ccc(C(C)NC(=O)c2ccc(S(=O)(=O)N(C)OC)cc2)cc1OC. The summed E-state index contributed by atoms with van der Waals surface area (Å²) in [7, 11) is 0.351. The van der Waals surface area contributed by atoms with Gasteiger partial charge in [-0.25, -0.2) is 8.42 Å². The summed E-state index contributed by atoms with van der Waals surface area (Å²) in [6.45, 7) is 4.26. The van der Waals surface area contributed by atoms with E-state index in [9.17, 15) is 13.2 Å². The third-order valence-electron chi connectivity index (χ3n) is 4.35. The van der Waals surface area contributed by atoms with Crippen molar-refractivity contribution < 1.29 is 27.5 Å². The third kappa shape index (κ3) is 5.26. The first-order valence-electron chi connectivity index (χ1n) is 8.99. The van der Waals surface area contributed by atoms with E-state index in [1.807, 2.05) is 26.0 Å². The Hall–Kier alpha value is -2.62. The summed E-state index contributed by atoms with van der Waals surface area (Å²) < 4.78 is 36.0. The molecule has 0 aliphatic carbocycles. The fourth-order valence-corrected chi connectivity index (χ4v) is 3.59. The smallest absolute Gasteiger partial charge is 0.264 e. The maximum Gasteiger partial charge on any atom is 0.264 e. The van der Waals surface area contributed by atoms with Gasteiger partial charge in [0.1, 0.15) is 0 Å². The van der Waals surface area contributed by atoms with Crippen molar-refractivity contribution in [2.24, 2.45) is 0 Å². The van der Waals surface area contributed by atoms with E-state index in [0.29, 0.717) is 23.7 Å². The number of sulfonamides is 1. The Balaban J connectivity index is 2.14. The highest BCUT2D eigenvalue weighted by Gasteiger charge is 2.21. The maximum atomic E-state index is 12.6. The lowest BCUT2D eigenvalue weighted by Gasteiger charge is -2.17. The van der Waals surface area contributed by atoms with Gasteiger partial charge >= 0.3 is 0 Å². The molecule has 0 saturated carbocycles. The first-order chi connectivity index (χ1) is 13.7. The Kier molecular flexibility index (Phi) is 7.60. The van der Waals surface area contributed by atoms with Gasteiger partial charge in [-0.3, -0.25) is 9.63 Å². The molecule has 0 heterocycles. The summed E-state index contributed by atoms with van der Waals surface area (Å²) in [5.41, 5.74) is 1.19. The van der Waals surface area contributed by atoms with Crippen LogP contribution in [0.4, 0.5) is 0 Å². The van der Waals surface area contributed by atoms with Crippen molar-refractivity contribution in [3.05, 3.63) is 53.6 Å². The van der Waals surface area contributed by atoms with E-state index in [2.05, 4.69) is 5.32 Å². The zero-order valence-corrected chi connectivity index (χ0v) is 17.9. The van der Waals surface area contributed by atoms with Gasteiger partial charge in [-0.05, 0) is 55.8 Å². The molecule has 2 rings (SSSR count). The van der Waals surface area contributed by atoms with Crippen LogP contribution in [0.3, 0.4) is 0 Å². The summed E-state index contributed by atoms with van der Waals surface area (Å²) in [6, 6.07) is 10.8. The number of amides is 1. The van der Waals surface area contributed by atoms with Gasteiger partial charge in [0.25, 0.3) is 15.9 Å². The highest BCUT2D eigenvalue weighted by atomic mass is 32.2. The number of methoxy groups -OCH3 is 1. The predicted octanol–water partition coefficient (Wildman–Crippen LogP) is 2.77. The fraction of sp³-hybridized carbons (Fsp3) is 0.350. The topological polar surface area (TPSA) is 94.2 Å². The van der Waals surface area contributed by atoms with Crippen LogP contribution in [0.25, 0.3) is 0 Å². The minimum absolute atomic E-state index is 0.0303. The fourth-order valence-electron chi connectivity index (χ4n) is 2.62. The van der Waals surface area contributed by atoms with E-state index in [1.165, 1.54) is 38.4 Å². The van der Waals surface area contributed by atoms with Crippen LogP contribution < -0.4 is 14.8 Å². The first-order valence-corrected chi connectivity index (χ1v) is 10.4. The molecule has 1 unspecified atom stereocenters. The molecule has 29 heavy (non-hydrogen) atoms. The maximum absolute atomic E-state index is 12.6. The Morgan fingerprint density at radius 1 is 1.10 bits per heavy atom. The van der Waals surface area contributed by atoms with Gasteiger partial charge < -0.3 is 14.8 Å². The van der Waals surface area contributed by atoms with Gasteiger partial charge in [-0.15, -0.1) is 0 Å². The Morgan fingerprint density at radius 3 is 2.31 bits per heavy atom. The summed E-state index contributed by atoms with van der Waals surface area (Å²) >= 11 is 0. The number of rotatable bonds is 9. The van der Waals surface area contributed by atoms with Crippen LogP contribution in [-0.4, -0.2) is 46.7 Å². The summed E-state index contributed by atoms with van der Waals surface area (Å²) in [4.78, 5) is 17.3. The van der Waals surface area contributed by atoms with Crippen molar-refractivity contribution >= 4 is 15.9 Å². The number of hydrogen-bond acceptors (Lipinski definition) is 6. The highest BCUT2D eigenvalue weighted by molar-refractivity contribution is 7.89. The van der Waals surface area contributed by atoms with Gasteiger partial charge in [0.05, 0.1) is 31.8 Å². The average Bonchev–Trinajstić information content (AvgIpc) is 2.73. The van der Waals surface area contributed by atoms with Crippen LogP contribution in [0.2, 0.25) is 0 Å². The number of ether oxygens (including phenoxy) is 2. The lowest BCUT2D eigenvalue weighted by Crippen LogP contribution is -2.27. The molecular formula is C20H26N2O6S. The van der Waals surface area contributed by atoms with Crippen LogP contribution in [-0.2, 0) is 14.9 Å². The van der Waals surface area contributed by atoms with E-state index in [0.717, 1.165) is 10.0 Å². The third-order valence-corrected chi connectivity index (χ3v) is 6.04. The van der Waals surface area contributed by atoms with Gasteiger partial charge in [-0.2, -0.15) is 0 Å². The van der Waals surface area contributed by atoms with E-state index in [4.69, 9.17) is 14.3 Å². The number of nitrogens with one attached hydrogen (secondary N) is 1. The van der Waals surface area contributed by atoms with Crippen molar-refractivity contribution in [2.75, 3.05) is 27.9 Å². The zero-order chi connectivity index (χ0) is 21.6. The minimum Gasteiger partial charge on any atom is -0.493 e. The monoisotopic (exact) mass is 422 g/mol. The van der Waals surface area contributed by atoms with E-state index < -0.39 is 10.0 Å². The van der Waals surface area contributed by atoms with Crippen molar-refractivity contribution in [3.63, 3.8) is 0 Å². The summed E-state index contributed by atoms with van der Waals surface area (Å²) in [5.74, 6) is 0.895. The van der Waals surface area contributed by atoms with E-state index in [-0.39, 0.29) is 16.8 Å². The largest absolute Gasteiger partial charge is 0.493 e. The molecule has 0 fully saturated rings. The van der Waals surface area contributed by atoms with Crippen molar-refractivity contribution in [3.8, 4) is 11.5 Å². The van der Waals surface area contributed by atoms with Crippen LogP contribution >= 0.6 is 0 Å². The van der Waals surface area contributed by atoms with E-state index >= 15 is 0 Å². The molecule has 0 saturated heterocycles. The van der Waals surface area contributed by atoms with Crippen LogP contribution in [0.1, 0.15) is 35.8 Å². The Labute approximate surface area is 171 Å². The van der Waals surface area contributed by atoms with Crippen LogP contribution in [0, 0.1) is 0 Å². The first kappa shape index (κ1) is 22.7. The van der Waals surface area contributed by atoms with E-state index in [1.54, 1.807) is 13.2 Å². The molecule has 1 amide bonds. The molecule has 0 spiro atoms. The number of hydroxylamine groups is 1. The predicted molar refractivity (Wildman–Crippen MR) is 108 cm³/mol. The van der Waals surface area contributed by atoms with Gasteiger partial charge in [0.15, 0.2) is 11.5 Å². The highest BCUT2D eigenvalue weighted by Crippen LogP contribution is 2.30. The quantitative estimate of drug-likeness (QED) is 0.625. The second-order valence-corrected chi connectivity index (χ2v) is 8.10. The second kappa shape index (κ2) is 9.73. The summed E-state index contributed by atoms with van der Waals surface area (Å²) in [6.07, 6.45) is 0. The van der Waals surface area contributed by atoms with Gasteiger partial charge in [0.2, 0.25) is 0 Å². The molecule has 2 aromatic rings. The second-order valence-electron chi connectivity index (χ2n) is 6.16. The molecule has 0 bridgehead atoms. The van der Waals surface area contributed by atoms with Crippen molar-refractivity contribution in [1.82, 2.24) is 9.79 Å². The van der Waals surface area contributed by atoms with Gasteiger partial charge in [0, 0.05) is 12.6 Å². The molecule has 158 valence electrons. The van der Waals surface area contributed by atoms with Crippen LogP contribution in [0.5, 0.6) is 11.5 Å². The molecule has 0 aromatic heterocycles. The number of benzene rings is 2. The molecule has 1 N–H and O–H groups in total. The molecule has 0 radical (unpaired) electrons. The van der Waals surface area contributed by atoms with Crippen molar-refractivity contribution in [1.29, 1.82) is 0 Å². The molecular weight excluding hydrogens is 396 g/mol. The molecule has 2 aromatic carbocycles. The Morgan fingerprint density at radius 2 is 1.76 bits per heavy atom. The number of hydrogen-bond donors (Lipinski definition) is 1. The summed E-state index contributed by atoms with van der Waals surface area (Å²) in [5, 5.41) is 2.89. The molecule has 0 aliphatic heterocycles. The van der Waals surface area contributed by atoms with Crippen molar-refractivity contribution in [2.45, 2.75) is 24.8 Å².